The normalized spacial score (nSPS) is 18.1. The van der Waals surface area contributed by atoms with E-state index in [1.165, 1.54) is 18.3 Å². The Hall–Kier alpha value is -3.85. The summed E-state index contributed by atoms with van der Waals surface area (Å²) in [6, 6.07) is 4.75. The van der Waals surface area contributed by atoms with Gasteiger partial charge in [0.25, 0.3) is 30.8 Å². The van der Waals surface area contributed by atoms with E-state index in [1.54, 1.807) is 0 Å². The van der Waals surface area contributed by atoms with Gasteiger partial charge in [-0.2, -0.15) is 13.2 Å². The molecule has 1 heterocycles. The van der Waals surface area contributed by atoms with E-state index in [0.717, 1.165) is 12.1 Å². The fourth-order valence-corrected chi connectivity index (χ4v) is 3.84. The molecule has 2 N–H and O–H groups in total. The average Bonchev–Trinajstić information content (AvgIpc) is 3.34. The lowest BCUT2D eigenvalue weighted by Crippen LogP contribution is -2.43. The Bertz CT molecular complexity index is 1270. The van der Waals surface area contributed by atoms with Gasteiger partial charge in [-0.1, -0.05) is 11.2 Å². The average molecular weight is 587 g/mol. The summed E-state index contributed by atoms with van der Waals surface area (Å²) in [7, 11) is 0. The van der Waals surface area contributed by atoms with Gasteiger partial charge in [-0.3, -0.25) is 9.59 Å². The van der Waals surface area contributed by atoms with Crippen LogP contribution in [-0.4, -0.2) is 43.0 Å². The zero-order valence-corrected chi connectivity index (χ0v) is 20.1. The molecule has 1 unspecified atom stereocenters. The second kappa shape index (κ2) is 11.7. The molecule has 40 heavy (non-hydrogen) atoms. The molecule has 0 spiro atoms. The number of amides is 2. The number of hydrogen-bond acceptors (Lipinski definition) is 4. The molecule has 0 fully saturated rings. The maximum absolute atomic E-state index is 14.3. The largest absolute Gasteiger partial charge is 0.435 e. The first-order valence-corrected chi connectivity index (χ1v) is 11.2. The van der Waals surface area contributed by atoms with Crippen molar-refractivity contribution in [2.24, 2.45) is 5.16 Å². The molecule has 0 aliphatic carbocycles. The monoisotopic (exact) mass is 587 g/mol. The van der Waals surface area contributed by atoms with Crippen LogP contribution < -0.4 is 10.6 Å². The second-order valence-electron chi connectivity index (χ2n) is 8.64. The summed E-state index contributed by atoms with van der Waals surface area (Å²) in [4.78, 5) is 28.6. The van der Waals surface area contributed by atoms with E-state index in [4.69, 9.17) is 4.84 Å². The van der Waals surface area contributed by atoms with Gasteiger partial charge in [0.2, 0.25) is 12.2 Å². The van der Waals surface area contributed by atoms with Crippen LogP contribution in [0.15, 0.2) is 41.6 Å². The topological polar surface area (TPSA) is 79.8 Å². The highest BCUT2D eigenvalue weighted by Gasteiger charge is 2.62. The van der Waals surface area contributed by atoms with E-state index in [-0.39, 0.29) is 22.4 Å². The number of rotatable bonds is 9. The smallest absolute Gasteiger partial charge is 0.374 e. The molecular formula is C24H19F10N3O3. The Kier molecular flexibility index (Phi) is 8.99. The minimum absolute atomic E-state index is 0.00854. The number of carbonyl (C=O) groups is 2. The third kappa shape index (κ3) is 6.47. The number of halogens is 10. The Morgan fingerprint density at radius 3 is 2.08 bits per heavy atom. The Morgan fingerprint density at radius 2 is 1.57 bits per heavy atom. The molecular weight excluding hydrogens is 568 g/mol. The van der Waals surface area contributed by atoms with Gasteiger partial charge in [0.15, 0.2) is 0 Å². The lowest BCUT2D eigenvalue weighted by Gasteiger charge is -2.30. The lowest BCUT2D eigenvalue weighted by atomic mass is 9.84. The first kappa shape index (κ1) is 30.7. The Labute approximate surface area is 219 Å². The summed E-state index contributed by atoms with van der Waals surface area (Å²) in [6.07, 6.45) is -19.5. The van der Waals surface area contributed by atoms with Crippen molar-refractivity contribution in [3.63, 3.8) is 0 Å². The summed E-state index contributed by atoms with van der Waals surface area (Å²) in [5, 5.41) is 6.83. The molecule has 0 radical (unpaired) electrons. The molecule has 16 heteroatoms. The van der Waals surface area contributed by atoms with Crippen molar-refractivity contribution in [2.75, 3.05) is 6.54 Å². The number of carbonyl (C=O) groups excluding carboxylic acids is 2. The zero-order chi connectivity index (χ0) is 30.0. The Balaban J connectivity index is 1.84. The van der Waals surface area contributed by atoms with Crippen LogP contribution in [0.2, 0.25) is 0 Å². The van der Waals surface area contributed by atoms with Crippen LogP contribution in [0.25, 0.3) is 0 Å². The quantitative estimate of drug-likeness (QED) is 0.285. The minimum atomic E-state index is -5.28. The highest BCUT2D eigenvalue weighted by atomic mass is 19.4. The summed E-state index contributed by atoms with van der Waals surface area (Å²) < 4.78 is 133. The lowest BCUT2D eigenvalue weighted by molar-refractivity contribution is -0.276. The molecule has 2 aromatic rings. The van der Waals surface area contributed by atoms with Crippen molar-refractivity contribution in [3.05, 3.63) is 69.8 Å². The van der Waals surface area contributed by atoms with Crippen LogP contribution in [0, 0.1) is 6.92 Å². The highest BCUT2D eigenvalue weighted by molar-refractivity contribution is 6.04. The maximum atomic E-state index is 14.3. The number of nitrogens with zero attached hydrogens (tertiary/aromatic N) is 1. The van der Waals surface area contributed by atoms with Gasteiger partial charge in [0.1, 0.15) is 0 Å². The predicted molar refractivity (Wildman–Crippen MR) is 119 cm³/mol. The van der Waals surface area contributed by atoms with Crippen LogP contribution in [0.4, 0.5) is 43.9 Å². The van der Waals surface area contributed by atoms with Gasteiger partial charge in [0.05, 0.1) is 12.3 Å². The molecule has 2 aromatic carbocycles. The third-order valence-electron chi connectivity index (χ3n) is 5.87. The molecule has 6 nitrogen and oxygen atoms in total. The highest BCUT2D eigenvalue weighted by Crippen LogP contribution is 2.50. The van der Waals surface area contributed by atoms with Gasteiger partial charge in [-0.05, 0) is 48.4 Å². The van der Waals surface area contributed by atoms with Crippen molar-refractivity contribution < 1.29 is 58.3 Å². The van der Waals surface area contributed by atoms with Crippen LogP contribution in [0.3, 0.4) is 0 Å². The van der Waals surface area contributed by atoms with E-state index in [0.29, 0.717) is 18.2 Å². The van der Waals surface area contributed by atoms with Crippen molar-refractivity contribution in [1.29, 1.82) is 0 Å². The molecule has 2 atom stereocenters. The molecule has 1 aliphatic rings. The molecule has 0 saturated heterocycles. The number of alkyl halides is 10. The predicted octanol–water partition coefficient (Wildman–Crippen LogP) is 5.86. The number of benzene rings is 2. The number of nitrogens with one attached hydrogen (secondary N) is 2. The standard InChI is InChI=1S/C24H19F10N3O3/c1-10-4-11(2-3-15(10)22(39)35-9-17(38)36-21(31)20(29)30)16-8-23(40-37-16,24(32,33)34)14-6-12(18(25)26)5-13(7-14)19(27)28/h2-7,18-21H,8-9H2,1H3,(H,35,39)(H,36,38)/t21?,23-/m0/s1. The van der Waals surface area contributed by atoms with Gasteiger partial charge in [-0.15, -0.1) is 0 Å². The number of oxime groups is 1. The third-order valence-corrected chi connectivity index (χ3v) is 5.87. The van der Waals surface area contributed by atoms with Crippen molar-refractivity contribution >= 4 is 17.5 Å². The molecule has 2 amide bonds. The molecule has 218 valence electrons. The van der Waals surface area contributed by atoms with Crippen molar-refractivity contribution in [2.45, 2.75) is 50.7 Å². The summed E-state index contributed by atoms with van der Waals surface area (Å²) >= 11 is 0. The SMILES string of the molecule is Cc1cc(C2=NO[C@@](c3cc(C(F)F)cc(C(F)F)c3)(C(F)(F)F)C2)ccc1C(=O)NCC(=O)NC(F)C(F)F. The van der Waals surface area contributed by atoms with E-state index in [2.05, 4.69) is 10.5 Å². The first-order chi connectivity index (χ1) is 18.6. The van der Waals surface area contributed by atoms with E-state index in [1.807, 2.05) is 0 Å². The molecule has 0 aromatic heterocycles. The van der Waals surface area contributed by atoms with Crippen LogP contribution >= 0.6 is 0 Å². The fourth-order valence-electron chi connectivity index (χ4n) is 3.84. The molecule has 0 saturated carbocycles. The van der Waals surface area contributed by atoms with Crippen LogP contribution in [0.5, 0.6) is 0 Å². The molecule has 0 bridgehead atoms. The van der Waals surface area contributed by atoms with Gasteiger partial charge < -0.3 is 15.5 Å². The first-order valence-electron chi connectivity index (χ1n) is 11.2. The zero-order valence-electron chi connectivity index (χ0n) is 20.1. The maximum Gasteiger partial charge on any atom is 0.435 e. The molecule has 3 rings (SSSR count). The van der Waals surface area contributed by atoms with E-state index in [9.17, 15) is 53.5 Å². The summed E-state index contributed by atoms with van der Waals surface area (Å²) in [5.41, 5.74) is -6.76. The van der Waals surface area contributed by atoms with Crippen LogP contribution in [0.1, 0.15) is 57.4 Å². The number of hydrogen-bond donors (Lipinski definition) is 2. The molecule has 1 aliphatic heterocycles. The summed E-state index contributed by atoms with van der Waals surface area (Å²) in [5.74, 6) is -2.15. The van der Waals surface area contributed by atoms with Gasteiger partial charge in [-0.25, -0.2) is 30.7 Å². The van der Waals surface area contributed by atoms with E-state index >= 15 is 0 Å². The Morgan fingerprint density at radius 1 is 0.975 bits per heavy atom. The minimum Gasteiger partial charge on any atom is -0.374 e. The van der Waals surface area contributed by atoms with Crippen molar-refractivity contribution in [1.82, 2.24) is 10.6 Å². The van der Waals surface area contributed by atoms with E-state index < -0.39 is 78.8 Å². The van der Waals surface area contributed by atoms with Crippen LogP contribution in [-0.2, 0) is 15.2 Å². The number of aryl methyl sites for hydroxylation is 1. The van der Waals surface area contributed by atoms with Crippen molar-refractivity contribution in [3.8, 4) is 0 Å². The van der Waals surface area contributed by atoms with Gasteiger partial charge in [0, 0.05) is 28.7 Å². The second-order valence-corrected chi connectivity index (χ2v) is 8.64. The fraction of sp³-hybridized carbons (Fsp3) is 0.375. The summed E-state index contributed by atoms with van der Waals surface area (Å²) in [6.45, 7) is 0.501. The van der Waals surface area contributed by atoms with Gasteiger partial charge >= 0.3 is 6.18 Å².